The molecule has 3 heteroatoms. The number of nitrogens with one attached hydrogen (secondary N) is 1. The molecule has 1 rings (SSSR count). The van der Waals surface area contributed by atoms with Crippen LogP contribution >= 0.6 is 0 Å². The zero-order chi connectivity index (χ0) is 13.9. The van der Waals surface area contributed by atoms with Crippen molar-refractivity contribution in [2.75, 3.05) is 13.2 Å². The molecule has 0 aromatic heterocycles. The topological polar surface area (TPSA) is 47.3 Å². The van der Waals surface area contributed by atoms with Crippen molar-refractivity contribution in [2.24, 2.45) is 17.7 Å². The molecule has 2 atom stereocenters. The summed E-state index contributed by atoms with van der Waals surface area (Å²) in [6, 6.07) is 0.501. The van der Waals surface area contributed by atoms with E-state index >= 15 is 0 Å². The van der Waals surface area contributed by atoms with Gasteiger partial charge in [0.25, 0.3) is 0 Å². The summed E-state index contributed by atoms with van der Waals surface area (Å²) in [7, 11) is 0. The minimum absolute atomic E-state index is 0.501. The van der Waals surface area contributed by atoms with E-state index in [4.69, 9.17) is 10.6 Å². The van der Waals surface area contributed by atoms with Gasteiger partial charge in [-0.05, 0) is 37.5 Å². The lowest BCUT2D eigenvalue weighted by Crippen LogP contribution is -2.39. The molecule has 0 spiro atoms. The lowest BCUT2D eigenvalue weighted by Gasteiger charge is -2.24. The van der Waals surface area contributed by atoms with Crippen LogP contribution in [0, 0.1) is 11.8 Å². The first-order valence-corrected chi connectivity index (χ1v) is 8.31. The molecule has 1 saturated heterocycles. The van der Waals surface area contributed by atoms with Crippen LogP contribution in [-0.4, -0.2) is 19.3 Å². The Kier molecular flexibility index (Phi) is 9.48. The third-order valence-electron chi connectivity index (χ3n) is 4.63. The van der Waals surface area contributed by atoms with E-state index in [1.807, 2.05) is 0 Å². The molecule has 0 bridgehead atoms. The van der Waals surface area contributed by atoms with E-state index in [1.165, 1.54) is 57.8 Å². The summed E-state index contributed by atoms with van der Waals surface area (Å²) in [5, 5.41) is 0. The molecule has 1 aliphatic rings. The third-order valence-corrected chi connectivity index (χ3v) is 4.63. The lowest BCUT2D eigenvalue weighted by molar-refractivity contribution is 0.0630. The predicted molar refractivity (Wildman–Crippen MR) is 81.8 cm³/mol. The number of rotatable bonds is 10. The van der Waals surface area contributed by atoms with Gasteiger partial charge in [-0.25, -0.2) is 0 Å². The number of nitrogens with two attached hydrogens (primary N) is 1. The summed E-state index contributed by atoms with van der Waals surface area (Å²) in [6.07, 6.45) is 11.7. The minimum Gasteiger partial charge on any atom is -0.381 e. The summed E-state index contributed by atoms with van der Waals surface area (Å²) in [4.78, 5) is 0. The molecule has 2 unspecified atom stereocenters. The van der Waals surface area contributed by atoms with Crippen molar-refractivity contribution in [1.29, 1.82) is 0 Å². The quantitative estimate of drug-likeness (QED) is 0.362. The number of hydrogen-bond donors (Lipinski definition) is 2. The second-order valence-corrected chi connectivity index (χ2v) is 6.23. The van der Waals surface area contributed by atoms with Crippen LogP contribution in [0.5, 0.6) is 0 Å². The van der Waals surface area contributed by atoms with Gasteiger partial charge < -0.3 is 4.74 Å². The Balaban J connectivity index is 2.07. The zero-order valence-corrected chi connectivity index (χ0v) is 13.0. The molecule has 0 saturated carbocycles. The zero-order valence-electron chi connectivity index (χ0n) is 13.0. The number of hydrazine groups is 1. The highest BCUT2D eigenvalue weighted by atomic mass is 16.5. The SMILES string of the molecule is CCCCC(C)C(CCCCC1CCOCC1)NN. The number of unbranched alkanes of at least 4 members (excludes halogenated alkanes) is 2. The second kappa shape index (κ2) is 10.6. The van der Waals surface area contributed by atoms with Gasteiger partial charge >= 0.3 is 0 Å². The van der Waals surface area contributed by atoms with Gasteiger partial charge in [0, 0.05) is 19.3 Å². The van der Waals surface area contributed by atoms with Gasteiger partial charge in [0.05, 0.1) is 0 Å². The molecule has 3 N–H and O–H groups in total. The molecule has 0 amide bonds. The molecule has 1 aliphatic heterocycles. The fourth-order valence-electron chi connectivity index (χ4n) is 3.09. The third kappa shape index (κ3) is 7.28. The lowest BCUT2D eigenvalue weighted by atomic mass is 9.90. The van der Waals surface area contributed by atoms with Crippen LogP contribution in [0.4, 0.5) is 0 Å². The van der Waals surface area contributed by atoms with Crippen molar-refractivity contribution in [2.45, 2.75) is 77.7 Å². The van der Waals surface area contributed by atoms with Crippen LogP contribution in [0.25, 0.3) is 0 Å². The summed E-state index contributed by atoms with van der Waals surface area (Å²) >= 11 is 0. The van der Waals surface area contributed by atoms with Crippen LogP contribution in [0.15, 0.2) is 0 Å². The van der Waals surface area contributed by atoms with E-state index in [0.29, 0.717) is 12.0 Å². The number of ether oxygens (including phenoxy) is 1. The van der Waals surface area contributed by atoms with E-state index in [9.17, 15) is 0 Å². The molecule has 0 aromatic carbocycles. The van der Waals surface area contributed by atoms with Gasteiger partial charge in [-0.2, -0.15) is 0 Å². The first-order valence-electron chi connectivity index (χ1n) is 8.31. The van der Waals surface area contributed by atoms with Crippen LogP contribution in [0.1, 0.15) is 71.6 Å². The molecule has 114 valence electrons. The maximum Gasteiger partial charge on any atom is 0.0468 e. The summed E-state index contributed by atoms with van der Waals surface area (Å²) < 4.78 is 5.40. The highest BCUT2D eigenvalue weighted by Gasteiger charge is 2.16. The Bertz CT molecular complexity index is 205. The van der Waals surface area contributed by atoms with E-state index in [-0.39, 0.29) is 0 Å². The number of hydrogen-bond acceptors (Lipinski definition) is 3. The van der Waals surface area contributed by atoms with Gasteiger partial charge in [-0.3, -0.25) is 11.3 Å². The van der Waals surface area contributed by atoms with E-state index in [1.54, 1.807) is 0 Å². The van der Waals surface area contributed by atoms with Crippen molar-refractivity contribution in [3.63, 3.8) is 0 Å². The van der Waals surface area contributed by atoms with Crippen LogP contribution in [0.3, 0.4) is 0 Å². The summed E-state index contributed by atoms with van der Waals surface area (Å²) in [6.45, 7) is 6.54. The van der Waals surface area contributed by atoms with Crippen molar-refractivity contribution in [3.8, 4) is 0 Å². The highest BCUT2D eigenvalue weighted by molar-refractivity contribution is 4.72. The Morgan fingerprint density at radius 2 is 1.89 bits per heavy atom. The molecule has 3 nitrogen and oxygen atoms in total. The molecule has 0 aromatic rings. The predicted octanol–water partition coefficient (Wildman–Crippen LogP) is 3.63. The van der Waals surface area contributed by atoms with Crippen LogP contribution in [-0.2, 0) is 4.74 Å². The van der Waals surface area contributed by atoms with Gasteiger partial charge in [-0.15, -0.1) is 0 Å². The van der Waals surface area contributed by atoms with E-state index < -0.39 is 0 Å². The fourth-order valence-corrected chi connectivity index (χ4v) is 3.09. The average Bonchev–Trinajstić information content (AvgIpc) is 2.46. The van der Waals surface area contributed by atoms with Crippen molar-refractivity contribution in [3.05, 3.63) is 0 Å². The largest absolute Gasteiger partial charge is 0.381 e. The Morgan fingerprint density at radius 3 is 2.53 bits per heavy atom. The molecule has 1 fully saturated rings. The van der Waals surface area contributed by atoms with Crippen molar-refractivity contribution < 1.29 is 4.74 Å². The second-order valence-electron chi connectivity index (χ2n) is 6.23. The summed E-state index contributed by atoms with van der Waals surface area (Å²) in [5.41, 5.74) is 3.03. The first kappa shape index (κ1) is 16.9. The summed E-state index contributed by atoms with van der Waals surface area (Å²) in [5.74, 6) is 7.32. The minimum atomic E-state index is 0.501. The van der Waals surface area contributed by atoms with Crippen molar-refractivity contribution in [1.82, 2.24) is 5.43 Å². The van der Waals surface area contributed by atoms with Crippen LogP contribution in [0.2, 0.25) is 0 Å². The fraction of sp³-hybridized carbons (Fsp3) is 1.00. The molecule has 0 radical (unpaired) electrons. The first-order chi connectivity index (χ1) is 9.27. The van der Waals surface area contributed by atoms with Gasteiger partial charge in [0.1, 0.15) is 0 Å². The van der Waals surface area contributed by atoms with Gasteiger partial charge in [-0.1, -0.05) is 46.0 Å². The maximum atomic E-state index is 5.70. The monoisotopic (exact) mass is 270 g/mol. The Morgan fingerprint density at radius 1 is 1.16 bits per heavy atom. The van der Waals surface area contributed by atoms with E-state index in [0.717, 1.165) is 19.1 Å². The standard InChI is InChI=1S/C16H34N2O/c1-3-4-7-14(2)16(18-17)9-6-5-8-15-10-12-19-13-11-15/h14-16,18H,3-13,17H2,1-2H3. The molecular formula is C16H34N2O. The van der Waals surface area contributed by atoms with Crippen LogP contribution < -0.4 is 11.3 Å². The molecule has 1 heterocycles. The Hall–Kier alpha value is -0.120. The van der Waals surface area contributed by atoms with Gasteiger partial charge in [0.2, 0.25) is 0 Å². The normalized spacial score (nSPS) is 20.4. The van der Waals surface area contributed by atoms with Crippen molar-refractivity contribution >= 4 is 0 Å². The van der Waals surface area contributed by atoms with E-state index in [2.05, 4.69) is 19.3 Å². The smallest absolute Gasteiger partial charge is 0.0468 e. The molecular weight excluding hydrogens is 236 g/mol. The Labute approximate surface area is 119 Å². The maximum absolute atomic E-state index is 5.70. The molecule has 0 aliphatic carbocycles. The molecule has 19 heavy (non-hydrogen) atoms. The highest BCUT2D eigenvalue weighted by Crippen LogP contribution is 2.22. The van der Waals surface area contributed by atoms with Gasteiger partial charge in [0.15, 0.2) is 0 Å². The average molecular weight is 270 g/mol.